The highest BCUT2D eigenvalue weighted by molar-refractivity contribution is 7.89. The number of rotatable bonds is 1. The summed E-state index contributed by atoms with van der Waals surface area (Å²) in [5.41, 5.74) is 1.28. The van der Waals surface area contributed by atoms with E-state index in [0.29, 0.717) is 17.1 Å². The Morgan fingerprint density at radius 3 is 2.95 bits per heavy atom. The SMILES string of the molecule is N#CCN1CCn2c(nc3cc(Cl)ccc32)S1(=O)=O. The van der Waals surface area contributed by atoms with Crippen molar-refractivity contribution in [1.82, 2.24) is 13.9 Å². The zero-order valence-corrected chi connectivity index (χ0v) is 11.3. The van der Waals surface area contributed by atoms with Crippen molar-refractivity contribution in [3.63, 3.8) is 0 Å². The van der Waals surface area contributed by atoms with Gasteiger partial charge in [0.1, 0.15) is 6.54 Å². The quantitative estimate of drug-likeness (QED) is 0.741. The van der Waals surface area contributed by atoms with E-state index in [1.165, 1.54) is 0 Å². The zero-order valence-electron chi connectivity index (χ0n) is 9.74. The van der Waals surface area contributed by atoms with Gasteiger partial charge in [-0.2, -0.15) is 9.57 Å². The highest BCUT2D eigenvalue weighted by Gasteiger charge is 2.34. The van der Waals surface area contributed by atoms with Crippen LogP contribution < -0.4 is 0 Å². The van der Waals surface area contributed by atoms with Crippen molar-refractivity contribution in [2.75, 3.05) is 13.1 Å². The Bertz CT molecular complexity index is 806. The third-order valence-corrected chi connectivity index (χ3v) is 5.07. The molecular formula is C11H9ClN4O2S. The van der Waals surface area contributed by atoms with Crippen molar-refractivity contribution >= 4 is 32.7 Å². The van der Waals surface area contributed by atoms with Gasteiger partial charge >= 0.3 is 0 Å². The number of nitrogens with zero attached hydrogens (tertiary/aromatic N) is 4. The molecule has 0 fully saturated rings. The molecule has 1 aromatic carbocycles. The van der Waals surface area contributed by atoms with E-state index in [9.17, 15) is 8.42 Å². The third kappa shape index (κ3) is 1.80. The summed E-state index contributed by atoms with van der Waals surface area (Å²) in [6, 6.07) is 6.94. The van der Waals surface area contributed by atoms with Crippen LogP contribution in [0.3, 0.4) is 0 Å². The highest BCUT2D eigenvalue weighted by Crippen LogP contribution is 2.27. The lowest BCUT2D eigenvalue weighted by Gasteiger charge is -2.24. The molecule has 0 unspecified atom stereocenters. The molecule has 0 saturated carbocycles. The van der Waals surface area contributed by atoms with Gasteiger partial charge in [-0.25, -0.2) is 13.4 Å². The third-order valence-electron chi connectivity index (χ3n) is 3.07. The van der Waals surface area contributed by atoms with E-state index in [0.717, 1.165) is 9.82 Å². The second-order valence-electron chi connectivity index (χ2n) is 4.18. The molecule has 1 aromatic heterocycles. The molecule has 2 heterocycles. The Hall–Kier alpha value is -1.62. The minimum atomic E-state index is -3.70. The van der Waals surface area contributed by atoms with Crippen LogP contribution in [0.5, 0.6) is 0 Å². The summed E-state index contributed by atoms with van der Waals surface area (Å²) in [5, 5.41) is 9.16. The molecule has 0 atom stereocenters. The number of hydrogen-bond acceptors (Lipinski definition) is 4. The Labute approximate surface area is 114 Å². The van der Waals surface area contributed by atoms with Crippen molar-refractivity contribution in [2.24, 2.45) is 0 Å². The highest BCUT2D eigenvalue weighted by atomic mass is 35.5. The first kappa shape index (κ1) is 12.4. The van der Waals surface area contributed by atoms with Gasteiger partial charge < -0.3 is 4.57 Å². The summed E-state index contributed by atoms with van der Waals surface area (Å²) in [5.74, 6) is 0. The minimum absolute atomic E-state index is 0.0220. The predicted octanol–water partition coefficient (Wildman–Crippen LogP) is 1.22. The average molecular weight is 297 g/mol. The number of aromatic nitrogens is 2. The number of nitriles is 1. The van der Waals surface area contributed by atoms with Crippen LogP contribution in [0.25, 0.3) is 11.0 Å². The minimum Gasteiger partial charge on any atom is -0.312 e. The molecule has 1 aliphatic heterocycles. The van der Waals surface area contributed by atoms with E-state index in [-0.39, 0.29) is 18.2 Å². The Morgan fingerprint density at radius 2 is 2.21 bits per heavy atom. The summed E-state index contributed by atoms with van der Waals surface area (Å²) < 4.78 is 27.4. The summed E-state index contributed by atoms with van der Waals surface area (Å²) in [7, 11) is -3.70. The van der Waals surface area contributed by atoms with E-state index >= 15 is 0 Å². The van der Waals surface area contributed by atoms with Crippen molar-refractivity contribution in [3.8, 4) is 6.07 Å². The fraction of sp³-hybridized carbons (Fsp3) is 0.273. The smallest absolute Gasteiger partial charge is 0.278 e. The van der Waals surface area contributed by atoms with Crippen LogP contribution >= 0.6 is 11.6 Å². The van der Waals surface area contributed by atoms with Crippen molar-refractivity contribution < 1.29 is 8.42 Å². The van der Waals surface area contributed by atoms with E-state index in [1.807, 2.05) is 6.07 Å². The Balaban J connectivity index is 2.24. The van der Waals surface area contributed by atoms with Gasteiger partial charge in [0.2, 0.25) is 5.16 Å². The first-order valence-electron chi connectivity index (χ1n) is 5.57. The van der Waals surface area contributed by atoms with E-state index < -0.39 is 10.0 Å². The second kappa shape index (κ2) is 4.20. The number of hydrogen-bond donors (Lipinski definition) is 0. The van der Waals surface area contributed by atoms with Gasteiger partial charge in [-0.1, -0.05) is 11.6 Å². The molecule has 0 radical (unpaired) electrons. The van der Waals surface area contributed by atoms with Gasteiger partial charge in [-0.3, -0.25) is 0 Å². The lowest BCUT2D eigenvalue weighted by Crippen LogP contribution is -2.40. The molecule has 1 aliphatic rings. The summed E-state index contributed by atoms with van der Waals surface area (Å²) >= 11 is 5.88. The van der Waals surface area contributed by atoms with Gasteiger partial charge in [0.05, 0.1) is 17.1 Å². The number of benzene rings is 1. The zero-order chi connectivity index (χ0) is 13.6. The largest absolute Gasteiger partial charge is 0.312 e. The van der Waals surface area contributed by atoms with Crippen LogP contribution in [0, 0.1) is 11.3 Å². The van der Waals surface area contributed by atoms with Gasteiger partial charge in [0, 0.05) is 18.1 Å². The number of imidazole rings is 1. The Morgan fingerprint density at radius 1 is 1.42 bits per heavy atom. The molecule has 98 valence electrons. The normalized spacial score (nSPS) is 18.1. The van der Waals surface area contributed by atoms with Gasteiger partial charge in [0.25, 0.3) is 10.0 Å². The molecule has 0 spiro atoms. The summed E-state index contributed by atoms with van der Waals surface area (Å²) in [6.07, 6.45) is 0. The summed E-state index contributed by atoms with van der Waals surface area (Å²) in [4.78, 5) is 4.14. The molecular weight excluding hydrogens is 288 g/mol. The van der Waals surface area contributed by atoms with Gasteiger partial charge in [-0.15, -0.1) is 0 Å². The molecule has 3 rings (SSSR count). The lowest BCUT2D eigenvalue weighted by molar-refractivity contribution is 0.381. The molecule has 0 N–H and O–H groups in total. The fourth-order valence-electron chi connectivity index (χ4n) is 2.18. The van der Waals surface area contributed by atoms with Crippen LogP contribution in [0.15, 0.2) is 23.4 Å². The first-order valence-corrected chi connectivity index (χ1v) is 7.39. The van der Waals surface area contributed by atoms with Gasteiger partial charge in [0.15, 0.2) is 0 Å². The molecule has 0 saturated heterocycles. The fourth-order valence-corrected chi connectivity index (χ4v) is 3.81. The maximum absolute atomic E-state index is 12.3. The Kier molecular flexibility index (Phi) is 2.74. The lowest BCUT2D eigenvalue weighted by atomic mass is 10.3. The predicted molar refractivity (Wildman–Crippen MR) is 69.1 cm³/mol. The van der Waals surface area contributed by atoms with E-state index in [2.05, 4.69) is 4.98 Å². The van der Waals surface area contributed by atoms with Crippen LogP contribution in [-0.4, -0.2) is 35.4 Å². The molecule has 19 heavy (non-hydrogen) atoms. The maximum atomic E-state index is 12.3. The van der Waals surface area contributed by atoms with Crippen molar-refractivity contribution in [3.05, 3.63) is 23.2 Å². The van der Waals surface area contributed by atoms with Crippen LogP contribution in [-0.2, 0) is 16.6 Å². The summed E-state index contributed by atoms with van der Waals surface area (Å²) in [6.45, 7) is 0.595. The number of fused-ring (bicyclic) bond motifs is 3. The standard InChI is InChI=1S/C11H9ClN4O2S/c12-8-1-2-10-9(7-8)14-11-16(10)6-5-15(4-3-13)19(11,17)18/h1-2,7H,4-6H2. The molecule has 2 aromatic rings. The van der Waals surface area contributed by atoms with Crippen LogP contribution in [0.1, 0.15) is 0 Å². The first-order chi connectivity index (χ1) is 9.04. The van der Waals surface area contributed by atoms with Crippen molar-refractivity contribution in [2.45, 2.75) is 11.7 Å². The monoisotopic (exact) mass is 296 g/mol. The average Bonchev–Trinajstić information content (AvgIpc) is 2.72. The number of sulfonamides is 1. The van der Waals surface area contributed by atoms with Crippen molar-refractivity contribution in [1.29, 1.82) is 5.26 Å². The van der Waals surface area contributed by atoms with Gasteiger partial charge in [-0.05, 0) is 18.2 Å². The van der Waals surface area contributed by atoms with Crippen LogP contribution in [0.4, 0.5) is 0 Å². The molecule has 0 amide bonds. The maximum Gasteiger partial charge on any atom is 0.278 e. The van der Waals surface area contributed by atoms with E-state index in [1.54, 1.807) is 22.8 Å². The van der Waals surface area contributed by atoms with E-state index in [4.69, 9.17) is 16.9 Å². The molecule has 6 nitrogen and oxygen atoms in total. The molecule has 0 bridgehead atoms. The second-order valence-corrected chi connectivity index (χ2v) is 6.44. The molecule has 8 heteroatoms. The van der Waals surface area contributed by atoms with Crippen LogP contribution in [0.2, 0.25) is 5.02 Å². The topological polar surface area (TPSA) is 79.0 Å². The number of halogens is 1. The molecule has 0 aliphatic carbocycles.